The molecule has 6 nitrogen and oxygen atoms in total. The number of carbonyl (C=O) groups is 3. The smallest absolute Gasteiger partial charge is 0.326 e. The van der Waals surface area contributed by atoms with E-state index in [4.69, 9.17) is 5.11 Å². The standard InChI is InChI=1S/C10H16N2O4/c1-6(2)11-4-5-12(7(3)10(15)16)9(14)8(11)13/h6-7H,4-5H2,1-3H3,(H,15,16). The van der Waals surface area contributed by atoms with Crippen molar-refractivity contribution in [2.24, 2.45) is 0 Å². The second-order valence-corrected chi connectivity index (χ2v) is 4.11. The van der Waals surface area contributed by atoms with E-state index in [1.165, 1.54) is 11.8 Å². The van der Waals surface area contributed by atoms with E-state index >= 15 is 0 Å². The zero-order chi connectivity index (χ0) is 12.5. The number of carboxylic acids is 1. The largest absolute Gasteiger partial charge is 0.480 e. The molecule has 1 N–H and O–H groups in total. The van der Waals surface area contributed by atoms with E-state index in [2.05, 4.69) is 0 Å². The first-order chi connectivity index (χ1) is 7.36. The Hall–Kier alpha value is -1.59. The van der Waals surface area contributed by atoms with E-state index in [-0.39, 0.29) is 12.6 Å². The number of carbonyl (C=O) groups excluding carboxylic acids is 2. The normalized spacial score (nSPS) is 19.2. The van der Waals surface area contributed by atoms with Gasteiger partial charge in [-0.25, -0.2) is 4.79 Å². The van der Waals surface area contributed by atoms with Crippen molar-refractivity contribution in [1.29, 1.82) is 0 Å². The van der Waals surface area contributed by atoms with Crippen LogP contribution in [0, 0.1) is 0 Å². The molecule has 1 aliphatic rings. The molecule has 0 aliphatic carbocycles. The summed E-state index contributed by atoms with van der Waals surface area (Å²) in [6.07, 6.45) is 0. The Kier molecular flexibility index (Phi) is 3.51. The Morgan fingerprint density at radius 1 is 1.12 bits per heavy atom. The maximum Gasteiger partial charge on any atom is 0.326 e. The van der Waals surface area contributed by atoms with Gasteiger partial charge in [-0.3, -0.25) is 9.59 Å². The maximum absolute atomic E-state index is 11.7. The minimum absolute atomic E-state index is 0.0428. The van der Waals surface area contributed by atoms with Crippen molar-refractivity contribution in [3.05, 3.63) is 0 Å². The van der Waals surface area contributed by atoms with Crippen LogP contribution < -0.4 is 0 Å². The summed E-state index contributed by atoms with van der Waals surface area (Å²) in [4.78, 5) is 36.6. The Balaban J connectivity index is 2.80. The number of amides is 2. The summed E-state index contributed by atoms with van der Waals surface area (Å²) in [5.74, 6) is -2.44. The van der Waals surface area contributed by atoms with Gasteiger partial charge >= 0.3 is 17.8 Å². The number of rotatable bonds is 3. The second kappa shape index (κ2) is 4.51. The highest BCUT2D eigenvalue weighted by atomic mass is 16.4. The lowest BCUT2D eigenvalue weighted by Gasteiger charge is -2.37. The lowest BCUT2D eigenvalue weighted by molar-refractivity contribution is -0.162. The first kappa shape index (κ1) is 12.5. The van der Waals surface area contributed by atoms with E-state index < -0.39 is 23.8 Å². The zero-order valence-electron chi connectivity index (χ0n) is 9.64. The molecule has 0 bridgehead atoms. The van der Waals surface area contributed by atoms with Crippen molar-refractivity contribution in [1.82, 2.24) is 9.80 Å². The molecule has 16 heavy (non-hydrogen) atoms. The quantitative estimate of drug-likeness (QED) is 0.663. The van der Waals surface area contributed by atoms with Gasteiger partial charge in [-0.1, -0.05) is 0 Å². The Morgan fingerprint density at radius 2 is 1.56 bits per heavy atom. The van der Waals surface area contributed by atoms with Crippen LogP contribution in [0.2, 0.25) is 0 Å². The highest BCUT2D eigenvalue weighted by Gasteiger charge is 2.37. The molecule has 1 unspecified atom stereocenters. The average Bonchev–Trinajstić information content (AvgIpc) is 2.20. The van der Waals surface area contributed by atoms with Gasteiger partial charge < -0.3 is 14.9 Å². The van der Waals surface area contributed by atoms with Gasteiger partial charge in [0.25, 0.3) is 0 Å². The summed E-state index contributed by atoms with van der Waals surface area (Å²) >= 11 is 0. The van der Waals surface area contributed by atoms with Crippen molar-refractivity contribution in [3.8, 4) is 0 Å². The van der Waals surface area contributed by atoms with Gasteiger partial charge in [0.15, 0.2) is 0 Å². The molecule has 1 aliphatic heterocycles. The predicted octanol–water partition coefficient (Wildman–Crippen LogP) is -0.461. The van der Waals surface area contributed by atoms with Gasteiger partial charge in [-0.2, -0.15) is 0 Å². The van der Waals surface area contributed by atoms with E-state index in [1.807, 2.05) is 13.8 Å². The fourth-order valence-electron chi connectivity index (χ4n) is 1.66. The molecular weight excluding hydrogens is 212 g/mol. The van der Waals surface area contributed by atoms with E-state index in [9.17, 15) is 14.4 Å². The van der Waals surface area contributed by atoms with Crippen LogP contribution in [0.25, 0.3) is 0 Å². The number of piperazine rings is 1. The Morgan fingerprint density at radius 3 is 2.00 bits per heavy atom. The van der Waals surface area contributed by atoms with Gasteiger partial charge in [-0.15, -0.1) is 0 Å². The minimum Gasteiger partial charge on any atom is -0.480 e. The molecule has 0 aromatic rings. The topological polar surface area (TPSA) is 77.9 Å². The van der Waals surface area contributed by atoms with Crippen LogP contribution in [-0.2, 0) is 14.4 Å². The average molecular weight is 228 g/mol. The maximum atomic E-state index is 11.7. The lowest BCUT2D eigenvalue weighted by Crippen LogP contribution is -2.59. The van der Waals surface area contributed by atoms with E-state index in [0.29, 0.717) is 6.54 Å². The molecule has 0 aromatic carbocycles. The number of hydrogen-bond acceptors (Lipinski definition) is 3. The molecule has 1 saturated heterocycles. The van der Waals surface area contributed by atoms with Crippen LogP contribution in [0.3, 0.4) is 0 Å². The van der Waals surface area contributed by atoms with Crippen molar-refractivity contribution in [2.75, 3.05) is 13.1 Å². The van der Waals surface area contributed by atoms with Crippen molar-refractivity contribution in [2.45, 2.75) is 32.9 Å². The molecular formula is C10H16N2O4. The molecule has 1 rings (SSSR count). The van der Waals surface area contributed by atoms with Crippen LogP contribution in [0.15, 0.2) is 0 Å². The monoisotopic (exact) mass is 228 g/mol. The highest BCUT2D eigenvalue weighted by molar-refractivity contribution is 6.35. The number of carboxylic acid groups (broad SMARTS) is 1. The third-order valence-electron chi connectivity index (χ3n) is 2.73. The fraction of sp³-hybridized carbons (Fsp3) is 0.700. The lowest BCUT2D eigenvalue weighted by atomic mass is 10.2. The summed E-state index contributed by atoms with van der Waals surface area (Å²) in [5.41, 5.74) is 0. The molecule has 0 saturated carbocycles. The number of hydrogen-bond donors (Lipinski definition) is 1. The summed E-state index contributed by atoms with van der Waals surface area (Å²) in [6.45, 7) is 5.71. The van der Waals surface area contributed by atoms with Crippen LogP contribution in [0.4, 0.5) is 0 Å². The molecule has 2 amide bonds. The minimum atomic E-state index is -1.10. The molecule has 90 valence electrons. The van der Waals surface area contributed by atoms with Gasteiger partial charge in [0.2, 0.25) is 0 Å². The van der Waals surface area contributed by atoms with E-state index in [1.54, 1.807) is 0 Å². The second-order valence-electron chi connectivity index (χ2n) is 4.11. The van der Waals surface area contributed by atoms with Crippen molar-refractivity contribution >= 4 is 17.8 Å². The van der Waals surface area contributed by atoms with Crippen molar-refractivity contribution < 1.29 is 19.5 Å². The van der Waals surface area contributed by atoms with Crippen LogP contribution >= 0.6 is 0 Å². The van der Waals surface area contributed by atoms with Gasteiger partial charge in [0, 0.05) is 19.1 Å². The first-order valence-corrected chi connectivity index (χ1v) is 5.20. The SMILES string of the molecule is CC(C)N1CCN(C(C)C(=O)O)C(=O)C1=O. The fourth-order valence-corrected chi connectivity index (χ4v) is 1.66. The summed E-state index contributed by atoms with van der Waals surface area (Å²) < 4.78 is 0. The molecule has 6 heteroatoms. The molecule has 1 atom stereocenters. The summed E-state index contributed by atoms with van der Waals surface area (Å²) in [5, 5.41) is 8.79. The molecule has 0 aromatic heterocycles. The highest BCUT2D eigenvalue weighted by Crippen LogP contribution is 2.11. The Labute approximate surface area is 93.8 Å². The van der Waals surface area contributed by atoms with Crippen molar-refractivity contribution in [3.63, 3.8) is 0 Å². The third kappa shape index (κ3) is 2.15. The third-order valence-corrected chi connectivity index (χ3v) is 2.73. The molecule has 0 spiro atoms. The summed E-state index contributed by atoms with van der Waals surface area (Å²) in [7, 11) is 0. The Bertz CT molecular complexity index is 327. The van der Waals surface area contributed by atoms with Crippen LogP contribution in [-0.4, -0.2) is 57.9 Å². The summed E-state index contributed by atoms with van der Waals surface area (Å²) in [6, 6.07) is -0.996. The molecule has 0 radical (unpaired) electrons. The number of aliphatic carboxylic acids is 1. The van der Waals surface area contributed by atoms with Crippen LogP contribution in [0.5, 0.6) is 0 Å². The van der Waals surface area contributed by atoms with E-state index in [0.717, 1.165) is 4.90 Å². The van der Waals surface area contributed by atoms with Gasteiger partial charge in [0.1, 0.15) is 6.04 Å². The number of nitrogens with zero attached hydrogens (tertiary/aromatic N) is 2. The predicted molar refractivity (Wildman–Crippen MR) is 55.7 cm³/mol. The van der Waals surface area contributed by atoms with Crippen LogP contribution in [0.1, 0.15) is 20.8 Å². The molecule has 1 fully saturated rings. The molecule has 1 heterocycles. The van der Waals surface area contributed by atoms with Gasteiger partial charge in [0.05, 0.1) is 0 Å². The first-order valence-electron chi connectivity index (χ1n) is 5.20. The van der Waals surface area contributed by atoms with Gasteiger partial charge in [-0.05, 0) is 20.8 Å². The zero-order valence-corrected chi connectivity index (χ0v) is 9.64.